The molecule has 144 valence electrons. The second-order valence-corrected chi connectivity index (χ2v) is 10.9. The molecule has 1 aromatic heterocycles. The van der Waals surface area contributed by atoms with E-state index in [-0.39, 0.29) is 11.1 Å². The SMILES string of the molecule is O=c1c2ccccc2sn1-c1ccc(CC(O)(P(=O)(O)O)P(=O)(O)O)cc1. The molecule has 0 spiro atoms. The van der Waals surface area contributed by atoms with Gasteiger partial charge in [-0.15, -0.1) is 0 Å². The number of benzene rings is 2. The Morgan fingerprint density at radius 1 is 0.926 bits per heavy atom. The molecule has 0 saturated heterocycles. The largest absolute Gasteiger partial charge is 0.369 e. The summed E-state index contributed by atoms with van der Waals surface area (Å²) < 4.78 is 25.1. The molecule has 9 nitrogen and oxygen atoms in total. The van der Waals surface area contributed by atoms with E-state index in [1.165, 1.54) is 39.8 Å². The van der Waals surface area contributed by atoms with Gasteiger partial charge < -0.3 is 24.7 Å². The third-order valence-corrected chi connectivity index (χ3v) is 8.89. The van der Waals surface area contributed by atoms with E-state index in [0.717, 1.165) is 4.70 Å². The molecule has 0 radical (unpaired) electrons. The van der Waals surface area contributed by atoms with Crippen molar-refractivity contribution in [1.82, 2.24) is 3.96 Å². The van der Waals surface area contributed by atoms with Crippen molar-refractivity contribution in [3.05, 3.63) is 64.4 Å². The number of fused-ring (bicyclic) bond motifs is 1. The fourth-order valence-corrected chi connectivity index (χ4v) is 5.67. The smallest absolute Gasteiger partial charge is 0.367 e. The molecule has 27 heavy (non-hydrogen) atoms. The summed E-state index contributed by atoms with van der Waals surface area (Å²) in [5.41, 5.74) is 0.327. The maximum atomic E-state index is 12.4. The molecular weight excluding hydrogens is 416 g/mol. The molecule has 0 unspecified atom stereocenters. The van der Waals surface area contributed by atoms with Gasteiger partial charge in [-0.05, 0) is 29.8 Å². The number of hydrogen-bond donors (Lipinski definition) is 5. The van der Waals surface area contributed by atoms with Crippen molar-refractivity contribution >= 4 is 36.8 Å². The van der Waals surface area contributed by atoms with Crippen molar-refractivity contribution in [2.45, 2.75) is 11.5 Å². The van der Waals surface area contributed by atoms with Crippen molar-refractivity contribution in [3.63, 3.8) is 0 Å². The average molecular weight is 431 g/mol. The van der Waals surface area contributed by atoms with E-state index in [4.69, 9.17) is 0 Å². The Balaban J connectivity index is 1.98. The first-order chi connectivity index (χ1) is 12.4. The van der Waals surface area contributed by atoms with Crippen LogP contribution in [-0.2, 0) is 15.6 Å². The first-order valence-electron chi connectivity index (χ1n) is 7.48. The molecule has 0 aliphatic carbocycles. The third kappa shape index (κ3) is 3.59. The third-order valence-electron chi connectivity index (χ3n) is 4.04. The summed E-state index contributed by atoms with van der Waals surface area (Å²) in [6.45, 7) is 0. The number of aromatic nitrogens is 1. The van der Waals surface area contributed by atoms with Crippen LogP contribution in [0.3, 0.4) is 0 Å². The Labute approximate surface area is 156 Å². The highest BCUT2D eigenvalue weighted by molar-refractivity contribution is 7.72. The number of nitrogens with zero attached hydrogens (tertiary/aromatic N) is 1. The summed E-state index contributed by atoms with van der Waals surface area (Å²) in [5.74, 6) is 0. The van der Waals surface area contributed by atoms with Gasteiger partial charge in [-0.3, -0.25) is 13.9 Å². The summed E-state index contributed by atoms with van der Waals surface area (Å²) in [5, 5.41) is 7.01. The van der Waals surface area contributed by atoms with E-state index in [1.807, 2.05) is 0 Å². The van der Waals surface area contributed by atoms with E-state index in [0.29, 0.717) is 11.1 Å². The van der Waals surface area contributed by atoms with Gasteiger partial charge in [0.2, 0.25) is 0 Å². The average Bonchev–Trinajstić information content (AvgIpc) is 2.91. The molecule has 5 N–H and O–H groups in total. The monoisotopic (exact) mass is 431 g/mol. The fraction of sp³-hybridized carbons (Fsp3) is 0.133. The molecule has 2 aromatic carbocycles. The lowest BCUT2D eigenvalue weighted by molar-refractivity contribution is 0.131. The molecule has 1 heterocycles. The quantitative estimate of drug-likeness (QED) is 0.381. The van der Waals surface area contributed by atoms with Crippen LogP contribution >= 0.6 is 26.7 Å². The van der Waals surface area contributed by atoms with Crippen molar-refractivity contribution in [3.8, 4) is 5.69 Å². The predicted octanol–water partition coefficient (Wildman–Crippen LogP) is 1.60. The molecule has 3 aromatic rings. The Kier molecular flexibility index (Phi) is 5.05. The zero-order valence-electron chi connectivity index (χ0n) is 13.5. The second kappa shape index (κ2) is 6.77. The van der Waals surface area contributed by atoms with Gasteiger partial charge in [0.15, 0.2) is 0 Å². The van der Waals surface area contributed by atoms with E-state index in [1.54, 1.807) is 24.3 Å². The van der Waals surface area contributed by atoms with Crippen LogP contribution in [0.1, 0.15) is 5.56 Å². The summed E-state index contributed by atoms with van der Waals surface area (Å²) >= 11 is 1.21. The number of aliphatic hydroxyl groups is 1. The minimum atomic E-state index is -5.53. The summed E-state index contributed by atoms with van der Waals surface area (Å²) in [7, 11) is -11.1. The van der Waals surface area contributed by atoms with Crippen molar-refractivity contribution < 1.29 is 33.8 Å². The van der Waals surface area contributed by atoms with Crippen LogP contribution in [0, 0.1) is 0 Å². The van der Waals surface area contributed by atoms with Crippen LogP contribution in [-0.4, -0.2) is 33.7 Å². The number of hydrogen-bond acceptors (Lipinski definition) is 5. The van der Waals surface area contributed by atoms with E-state index < -0.39 is 26.7 Å². The summed E-state index contributed by atoms with van der Waals surface area (Å²) in [4.78, 5) is 49.3. The minimum absolute atomic E-state index is 0.0852. The van der Waals surface area contributed by atoms with Crippen LogP contribution in [0.15, 0.2) is 53.3 Å². The van der Waals surface area contributed by atoms with E-state index >= 15 is 0 Å². The number of rotatable bonds is 5. The van der Waals surface area contributed by atoms with Gasteiger partial charge in [0.1, 0.15) is 0 Å². The van der Waals surface area contributed by atoms with Gasteiger partial charge in [-0.25, -0.2) is 3.96 Å². The predicted molar refractivity (Wildman–Crippen MR) is 100 cm³/mol. The molecule has 12 heteroatoms. The lowest BCUT2D eigenvalue weighted by Gasteiger charge is -2.29. The van der Waals surface area contributed by atoms with Crippen LogP contribution < -0.4 is 5.56 Å². The van der Waals surface area contributed by atoms with Crippen LogP contribution in [0.2, 0.25) is 0 Å². The van der Waals surface area contributed by atoms with Crippen LogP contribution in [0.25, 0.3) is 15.8 Å². The molecule has 0 aliphatic rings. The molecule has 0 fully saturated rings. The molecule has 0 atom stereocenters. The summed E-state index contributed by atoms with van der Waals surface area (Å²) in [6, 6.07) is 12.6. The molecular formula is C15H15NO8P2S. The maximum absolute atomic E-state index is 12.4. The molecule has 3 rings (SSSR count). The van der Waals surface area contributed by atoms with Crippen molar-refractivity contribution in [2.24, 2.45) is 0 Å². The Morgan fingerprint density at radius 3 is 2.00 bits per heavy atom. The van der Waals surface area contributed by atoms with Gasteiger partial charge in [0.25, 0.3) is 10.6 Å². The Bertz CT molecular complexity index is 1120. The first kappa shape index (κ1) is 20.1. The highest BCUT2D eigenvalue weighted by atomic mass is 32.1. The van der Waals surface area contributed by atoms with E-state index in [9.17, 15) is 38.6 Å². The molecule has 0 aliphatic heterocycles. The van der Waals surface area contributed by atoms with Crippen LogP contribution in [0.5, 0.6) is 0 Å². The van der Waals surface area contributed by atoms with Gasteiger partial charge in [-0.2, -0.15) is 0 Å². The van der Waals surface area contributed by atoms with Gasteiger partial charge >= 0.3 is 15.2 Å². The lowest BCUT2D eigenvalue weighted by atomic mass is 10.1. The van der Waals surface area contributed by atoms with Gasteiger partial charge in [0, 0.05) is 6.42 Å². The Morgan fingerprint density at radius 2 is 1.48 bits per heavy atom. The standard InChI is InChI=1S/C15H15NO8P2S/c17-14-12-3-1-2-4-13(12)27-16(14)11-7-5-10(6-8-11)9-15(18,25(19,20)21)26(22,23)24/h1-8,18H,9H2,(H2,19,20,21)(H2,22,23,24). The lowest BCUT2D eigenvalue weighted by Crippen LogP contribution is -2.31. The first-order valence-corrected chi connectivity index (χ1v) is 11.5. The molecule has 0 amide bonds. The van der Waals surface area contributed by atoms with Gasteiger partial charge in [-0.1, -0.05) is 35.8 Å². The molecule has 0 saturated carbocycles. The zero-order chi connectivity index (χ0) is 20.0. The van der Waals surface area contributed by atoms with E-state index in [2.05, 4.69) is 0 Å². The van der Waals surface area contributed by atoms with Crippen molar-refractivity contribution in [2.75, 3.05) is 0 Å². The second-order valence-electron chi connectivity index (χ2n) is 5.89. The van der Waals surface area contributed by atoms with Crippen molar-refractivity contribution in [1.29, 1.82) is 0 Å². The minimum Gasteiger partial charge on any atom is -0.367 e. The van der Waals surface area contributed by atoms with Crippen LogP contribution in [0.4, 0.5) is 0 Å². The zero-order valence-corrected chi connectivity index (χ0v) is 16.1. The maximum Gasteiger partial charge on any atom is 0.369 e. The normalized spacial score (nSPS) is 13.2. The topological polar surface area (TPSA) is 157 Å². The molecule has 0 bridgehead atoms. The highest BCUT2D eigenvalue weighted by Crippen LogP contribution is 2.68. The highest BCUT2D eigenvalue weighted by Gasteiger charge is 2.59. The Hall–Kier alpha value is -1.61. The summed E-state index contributed by atoms with van der Waals surface area (Å²) in [6.07, 6.45) is -0.955. The van der Waals surface area contributed by atoms with Gasteiger partial charge in [0.05, 0.1) is 15.8 Å². The fourth-order valence-electron chi connectivity index (χ4n) is 2.54.